The molecule has 3 heterocycles. The molecule has 3 aromatic heterocycles. The number of fused-ring (bicyclic) bond motifs is 3. The smallest absolute Gasteiger partial charge is 0.237 e. The van der Waals surface area contributed by atoms with Crippen molar-refractivity contribution in [3.63, 3.8) is 0 Å². The summed E-state index contributed by atoms with van der Waals surface area (Å²) in [5, 5.41) is 23.0. The Bertz CT molecular complexity index is 1560. The Morgan fingerprint density at radius 2 is 1.91 bits per heavy atom. The number of nitrogens with one attached hydrogen (secondary N) is 1. The van der Waals surface area contributed by atoms with Gasteiger partial charge < -0.3 is 10.4 Å². The predicted molar refractivity (Wildman–Crippen MR) is 123 cm³/mol. The van der Waals surface area contributed by atoms with Crippen molar-refractivity contribution in [3.05, 3.63) is 71.7 Å². The number of benzene rings is 2. The van der Waals surface area contributed by atoms with E-state index in [0.29, 0.717) is 35.0 Å². The molecular weight excluding hydrogens is 416 g/mol. The van der Waals surface area contributed by atoms with E-state index in [0.717, 1.165) is 28.6 Å². The molecule has 0 saturated heterocycles. The minimum atomic E-state index is -0.470. The van der Waals surface area contributed by atoms with Crippen molar-refractivity contribution in [1.29, 1.82) is 5.26 Å². The molecule has 0 saturated carbocycles. The van der Waals surface area contributed by atoms with Crippen molar-refractivity contribution in [2.45, 2.75) is 25.0 Å². The molecule has 2 N–H and O–H groups in total. The van der Waals surface area contributed by atoms with Gasteiger partial charge in [0.05, 0.1) is 41.0 Å². The van der Waals surface area contributed by atoms with Gasteiger partial charge in [-0.15, -0.1) is 0 Å². The minimum absolute atomic E-state index is 0.0236. The molecule has 2 aromatic carbocycles. The molecule has 0 amide bonds. The van der Waals surface area contributed by atoms with Gasteiger partial charge in [-0.25, -0.2) is 15.0 Å². The van der Waals surface area contributed by atoms with Gasteiger partial charge in [-0.05, 0) is 42.2 Å². The number of imidazole rings is 2. The van der Waals surface area contributed by atoms with Crippen molar-refractivity contribution in [3.8, 4) is 12.0 Å². The third-order valence-electron chi connectivity index (χ3n) is 6.27. The molecule has 162 valence electrons. The Morgan fingerprint density at radius 1 is 1.06 bits per heavy atom. The zero-order chi connectivity index (χ0) is 22.5. The third kappa shape index (κ3) is 2.96. The second kappa shape index (κ2) is 7.39. The van der Waals surface area contributed by atoms with Gasteiger partial charge in [0.25, 0.3) is 0 Å². The lowest BCUT2D eigenvalue weighted by atomic mass is 9.85. The Balaban J connectivity index is 1.56. The monoisotopic (exact) mass is 436 g/mol. The lowest BCUT2D eigenvalue weighted by molar-refractivity contribution is 0.148. The van der Waals surface area contributed by atoms with Gasteiger partial charge in [-0.2, -0.15) is 10.2 Å². The van der Waals surface area contributed by atoms with Gasteiger partial charge in [0.2, 0.25) is 11.9 Å². The molecule has 2 unspecified atom stereocenters. The van der Waals surface area contributed by atoms with Crippen molar-refractivity contribution >= 4 is 28.1 Å². The first kappa shape index (κ1) is 19.4. The van der Waals surface area contributed by atoms with Gasteiger partial charge in [0.1, 0.15) is 11.8 Å². The van der Waals surface area contributed by atoms with Gasteiger partial charge in [0, 0.05) is 7.05 Å². The van der Waals surface area contributed by atoms with E-state index in [9.17, 15) is 10.4 Å². The van der Waals surface area contributed by atoms with Crippen LogP contribution in [0.1, 0.15) is 41.7 Å². The Kier molecular flexibility index (Phi) is 4.35. The van der Waals surface area contributed by atoms with Crippen LogP contribution in [0.4, 0.5) is 5.95 Å². The Hall–Kier alpha value is -4.29. The van der Waals surface area contributed by atoms with Crippen LogP contribution in [0, 0.1) is 11.3 Å². The topological polar surface area (TPSA) is 117 Å². The predicted octanol–water partition coefficient (Wildman–Crippen LogP) is 3.50. The quantitative estimate of drug-likeness (QED) is 0.444. The van der Waals surface area contributed by atoms with Crippen molar-refractivity contribution in [2.24, 2.45) is 0 Å². The fourth-order valence-corrected chi connectivity index (χ4v) is 4.72. The first-order chi connectivity index (χ1) is 16.2. The molecule has 6 rings (SSSR count). The van der Waals surface area contributed by atoms with Gasteiger partial charge in [0.15, 0.2) is 5.65 Å². The Labute approximate surface area is 189 Å². The molecule has 5 aromatic rings. The van der Waals surface area contributed by atoms with Crippen LogP contribution in [0.25, 0.3) is 28.1 Å². The van der Waals surface area contributed by atoms with Crippen LogP contribution in [-0.4, -0.2) is 41.2 Å². The lowest BCUT2D eigenvalue weighted by Crippen LogP contribution is -2.21. The van der Waals surface area contributed by atoms with Gasteiger partial charge in [-0.3, -0.25) is 9.13 Å². The third-order valence-corrected chi connectivity index (χ3v) is 6.27. The number of hydrogen-bond donors (Lipinski definition) is 2. The molecule has 0 fully saturated rings. The van der Waals surface area contributed by atoms with Crippen LogP contribution in [0.2, 0.25) is 0 Å². The maximum absolute atomic E-state index is 10.5. The zero-order valence-corrected chi connectivity index (χ0v) is 17.8. The highest BCUT2D eigenvalue weighted by atomic mass is 16.3. The normalized spacial score (nSPS) is 17.7. The van der Waals surface area contributed by atoms with Crippen LogP contribution in [0.5, 0.6) is 0 Å². The number of nitriles is 1. The van der Waals surface area contributed by atoms with Gasteiger partial charge >= 0.3 is 0 Å². The maximum Gasteiger partial charge on any atom is 0.237 e. The highest BCUT2D eigenvalue weighted by Crippen LogP contribution is 2.40. The summed E-state index contributed by atoms with van der Waals surface area (Å²) in [6, 6.07) is 15.5. The van der Waals surface area contributed by atoms with E-state index in [1.54, 1.807) is 29.2 Å². The molecular formula is C24H20N8O. The average molecular weight is 436 g/mol. The summed E-state index contributed by atoms with van der Waals surface area (Å²) in [5.41, 5.74) is 5.45. The highest BCUT2D eigenvalue weighted by molar-refractivity contribution is 5.79. The number of aliphatic hydroxyl groups is 1. The summed E-state index contributed by atoms with van der Waals surface area (Å²) >= 11 is 0. The summed E-state index contributed by atoms with van der Waals surface area (Å²) in [4.78, 5) is 18.6. The SMILES string of the molecule is CNc1nc2cnc(-n3cnc4ccc(C#N)cc43)nc2n1C1CCC(O)c2ccccc21. The number of aromatic nitrogens is 6. The maximum atomic E-state index is 10.5. The number of aliphatic hydroxyl groups excluding tert-OH is 1. The summed E-state index contributed by atoms with van der Waals surface area (Å²) in [6.45, 7) is 0. The molecule has 0 spiro atoms. The number of nitrogens with zero attached hydrogens (tertiary/aromatic N) is 7. The molecule has 0 bridgehead atoms. The summed E-state index contributed by atoms with van der Waals surface area (Å²) in [5.74, 6) is 1.14. The lowest BCUT2D eigenvalue weighted by Gasteiger charge is -2.30. The van der Waals surface area contributed by atoms with Crippen molar-refractivity contribution in [1.82, 2.24) is 29.1 Å². The number of hydrogen-bond acceptors (Lipinski definition) is 7. The van der Waals surface area contributed by atoms with E-state index in [1.807, 2.05) is 31.3 Å². The zero-order valence-electron chi connectivity index (χ0n) is 17.8. The van der Waals surface area contributed by atoms with Crippen LogP contribution in [0.15, 0.2) is 55.0 Å². The molecule has 2 atom stereocenters. The van der Waals surface area contributed by atoms with Crippen LogP contribution >= 0.6 is 0 Å². The van der Waals surface area contributed by atoms with E-state index in [4.69, 9.17) is 9.97 Å². The van der Waals surface area contributed by atoms with E-state index in [2.05, 4.69) is 32.0 Å². The molecule has 1 aliphatic rings. The van der Waals surface area contributed by atoms with E-state index < -0.39 is 6.10 Å². The second-order valence-corrected chi connectivity index (χ2v) is 8.10. The van der Waals surface area contributed by atoms with Crippen LogP contribution < -0.4 is 5.32 Å². The van der Waals surface area contributed by atoms with Crippen LogP contribution in [0.3, 0.4) is 0 Å². The highest BCUT2D eigenvalue weighted by Gasteiger charge is 2.30. The van der Waals surface area contributed by atoms with Crippen LogP contribution in [-0.2, 0) is 0 Å². The molecule has 9 heteroatoms. The van der Waals surface area contributed by atoms with Gasteiger partial charge in [-0.1, -0.05) is 24.3 Å². The number of rotatable bonds is 3. The summed E-state index contributed by atoms with van der Waals surface area (Å²) in [6.07, 6.45) is 4.32. The molecule has 0 aliphatic heterocycles. The molecule has 33 heavy (non-hydrogen) atoms. The first-order valence-corrected chi connectivity index (χ1v) is 10.7. The Morgan fingerprint density at radius 3 is 2.73 bits per heavy atom. The molecule has 1 aliphatic carbocycles. The first-order valence-electron chi connectivity index (χ1n) is 10.7. The van der Waals surface area contributed by atoms with E-state index in [1.165, 1.54) is 0 Å². The average Bonchev–Trinajstić information content (AvgIpc) is 3.45. The molecule has 9 nitrogen and oxygen atoms in total. The minimum Gasteiger partial charge on any atom is -0.388 e. The molecule has 0 radical (unpaired) electrons. The standard InChI is InChI=1S/C24H20N8O/c1-26-23-29-18-12-27-24(31-13-28-17-7-6-14(11-25)10-20(17)31)30-22(18)32(23)19-8-9-21(33)16-5-3-2-4-15(16)19/h2-7,10,12-13,19,21,33H,8-9H2,1H3,(H,26,29). The summed E-state index contributed by atoms with van der Waals surface area (Å²) in [7, 11) is 1.84. The fraction of sp³-hybridized carbons (Fsp3) is 0.208. The fourth-order valence-electron chi connectivity index (χ4n) is 4.72. The van der Waals surface area contributed by atoms with E-state index in [-0.39, 0.29) is 6.04 Å². The number of anilines is 1. The van der Waals surface area contributed by atoms with E-state index >= 15 is 0 Å². The van der Waals surface area contributed by atoms with Crippen molar-refractivity contribution in [2.75, 3.05) is 12.4 Å². The largest absolute Gasteiger partial charge is 0.388 e. The summed E-state index contributed by atoms with van der Waals surface area (Å²) < 4.78 is 3.87. The second-order valence-electron chi connectivity index (χ2n) is 8.10. The van der Waals surface area contributed by atoms with Crippen molar-refractivity contribution < 1.29 is 5.11 Å².